The molecular formula is C30H35N5O4. The van der Waals surface area contributed by atoms with E-state index in [-0.39, 0.29) is 30.0 Å². The third-order valence-electron chi connectivity index (χ3n) is 8.55. The van der Waals surface area contributed by atoms with Gasteiger partial charge in [0.05, 0.1) is 30.6 Å². The van der Waals surface area contributed by atoms with Crippen molar-refractivity contribution >= 4 is 16.9 Å². The molecule has 1 amide bonds. The number of ether oxygens (including phenoxy) is 1. The number of methoxy groups -OCH3 is 1. The molecule has 2 fully saturated rings. The van der Waals surface area contributed by atoms with Gasteiger partial charge in [0.2, 0.25) is 5.91 Å². The van der Waals surface area contributed by atoms with E-state index < -0.39 is 5.60 Å². The molecular weight excluding hydrogens is 494 g/mol. The number of hydrogen-bond acceptors (Lipinski definition) is 5. The standard InChI is InChI=1S/C30H35N5O4/c1-39-23-10-8-22(9-11-23)35-17-12-25-27(35)31-21-34(29(25)37)20-30(38)13-18-33(19-14-30)28(36)24-6-2-3-7-26(24)32-15-4-5-16-32/h4-5,8-12,15-17,21,24,26,38H,2-3,6-7,13-14,18-20H2,1H3/t24-,26-/m0/s1. The van der Waals surface area contributed by atoms with E-state index in [0.29, 0.717) is 37.0 Å². The van der Waals surface area contributed by atoms with Crippen LogP contribution >= 0.6 is 0 Å². The summed E-state index contributed by atoms with van der Waals surface area (Å²) in [6.45, 7) is 1.13. The Bertz CT molecular complexity index is 1500. The van der Waals surface area contributed by atoms with Crippen LogP contribution in [0.25, 0.3) is 16.7 Å². The zero-order valence-electron chi connectivity index (χ0n) is 22.3. The van der Waals surface area contributed by atoms with E-state index >= 15 is 0 Å². The highest BCUT2D eigenvalue weighted by Crippen LogP contribution is 2.36. The van der Waals surface area contributed by atoms with Gasteiger partial charge in [-0.15, -0.1) is 0 Å². The predicted octanol–water partition coefficient (Wildman–Crippen LogP) is 3.78. The number of carbonyl (C=O) groups is 1. The van der Waals surface area contributed by atoms with Gasteiger partial charge in [-0.2, -0.15) is 0 Å². The fourth-order valence-corrected chi connectivity index (χ4v) is 6.30. The van der Waals surface area contributed by atoms with Crippen molar-refractivity contribution in [3.8, 4) is 11.4 Å². The Hall–Kier alpha value is -3.85. The van der Waals surface area contributed by atoms with Crippen molar-refractivity contribution in [2.45, 2.75) is 56.7 Å². The first kappa shape index (κ1) is 25.4. The second-order valence-electron chi connectivity index (χ2n) is 10.9. The number of benzene rings is 1. The van der Waals surface area contributed by atoms with E-state index in [1.165, 1.54) is 10.9 Å². The quantitative estimate of drug-likeness (QED) is 0.410. The van der Waals surface area contributed by atoms with Crippen LogP contribution in [0.2, 0.25) is 0 Å². The normalized spacial score (nSPS) is 21.2. The minimum absolute atomic E-state index is 0.0266. The van der Waals surface area contributed by atoms with Crippen molar-refractivity contribution < 1.29 is 14.6 Å². The van der Waals surface area contributed by atoms with E-state index in [9.17, 15) is 14.7 Å². The van der Waals surface area contributed by atoms with Crippen molar-refractivity contribution in [2.75, 3.05) is 20.2 Å². The second kappa shape index (κ2) is 10.4. The van der Waals surface area contributed by atoms with Crippen LogP contribution in [0.3, 0.4) is 0 Å². The summed E-state index contributed by atoms with van der Waals surface area (Å²) in [5, 5.41) is 11.9. The summed E-state index contributed by atoms with van der Waals surface area (Å²) < 4.78 is 10.8. The highest BCUT2D eigenvalue weighted by molar-refractivity contribution is 5.79. The molecule has 1 aromatic carbocycles. The molecule has 1 saturated heterocycles. The Morgan fingerprint density at radius 1 is 1.05 bits per heavy atom. The number of amides is 1. The molecule has 1 aliphatic heterocycles. The van der Waals surface area contributed by atoms with Gasteiger partial charge in [0.15, 0.2) is 5.65 Å². The van der Waals surface area contributed by atoms with Gasteiger partial charge in [-0.3, -0.25) is 14.2 Å². The topological polar surface area (TPSA) is 94.5 Å². The van der Waals surface area contributed by atoms with Gasteiger partial charge in [0, 0.05) is 43.4 Å². The lowest BCUT2D eigenvalue weighted by molar-refractivity contribution is -0.142. The van der Waals surface area contributed by atoms with Crippen LogP contribution in [-0.2, 0) is 11.3 Å². The minimum atomic E-state index is -1.07. The molecule has 1 aliphatic carbocycles. The SMILES string of the molecule is COc1ccc(-n2ccc3c(=O)n(CC4(O)CCN(C(=O)[C@H]5CCCC[C@@H]5n5cccc5)CC4)cnc32)cc1. The number of aliphatic hydroxyl groups is 1. The van der Waals surface area contributed by atoms with Crippen LogP contribution in [0.4, 0.5) is 0 Å². The Labute approximate surface area is 227 Å². The van der Waals surface area contributed by atoms with E-state index in [0.717, 1.165) is 37.1 Å². The monoisotopic (exact) mass is 529 g/mol. The maximum Gasteiger partial charge on any atom is 0.262 e. The summed E-state index contributed by atoms with van der Waals surface area (Å²) in [5.74, 6) is 0.919. The molecule has 39 heavy (non-hydrogen) atoms. The zero-order chi connectivity index (χ0) is 27.0. The van der Waals surface area contributed by atoms with Crippen LogP contribution in [0.5, 0.6) is 5.75 Å². The summed E-state index contributed by atoms with van der Waals surface area (Å²) in [4.78, 5) is 33.4. The molecule has 6 rings (SSSR count). The molecule has 0 unspecified atom stereocenters. The third kappa shape index (κ3) is 4.87. The molecule has 1 saturated carbocycles. The zero-order valence-corrected chi connectivity index (χ0v) is 22.3. The molecule has 0 radical (unpaired) electrons. The molecule has 0 bridgehead atoms. The largest absolute Gasteiger partial charge is 0.497 e. The van der Waals surface area contributed by atoms with Crippen LogP contribution in [-0.4, -0.2) is 60.4 Å². The van der Waals surface area contributed by atoms with Gasteiger partial charge in [-0.25, -0.2) is 4.98 Å². The Morgan fingerprint density at radius 2 is 1.77 bits per heavy atom. The molecule has 2 aliphatic rings. The average Bonchev–Trinajstić information content (AvgIpc) is 3.66. The lowest BCUT2D eigenvalue weighted by Gasteiger charge is -2.41. The molecule has 3 aromatic heterocycles. The maximum atomic E-state index is 13.5. The molecule has 2 atom stereocenters. The van der Waals surface area contributed by atoms with Gasteiger partial charge in [0.25, 0.3) is 5.56 Å². The molecule has 4 heterocycles. The van der Waals surface area contributed by atoms with Crippen molar-refractivity contribution in [3.05, 3.63) is 77.7 Å². The van der Waals surface area contributed by atoms with Crippen molar-refractivity contribution in [2.24, 2.45) is 5.92 Å². The number of hydrogen-bond donors (Lipinski definition) is 1. The van der Waals surface area contributed by atoms with Crippen LogP contribution in [0.15, 0.2) is 72.2 Å². The number of likely N-dealkylation sites (tertiary alicyclic amines) is 1. The van der Waals surface area contributed by atoms with Crippen molar-refractivity contribution in [1.29, 1.82) is 0 Å². The first-order chi connectivity index (χ1) is 19.0. The Kier molecular flexibility index (Phi) is 6.76. The Balaban J connectivity index is 1.14. The third-order valence-corrected chi connectivity index (χ3v) is 8.55. The number of rotatable bonds is 6. The number of aromatic nitrogens is 4. The maximum absolute atomic E-state index is 13.5. The van der Waals surface area contributed by atoms with E-state index in [1.54, 1.807) is 13.2 Å². The molecule has 204 valence electrons. The van der Waals surface area contributed by atoms with Crippen LogP contribution < -0.4 is 10.3 Å². The van der Waals surface area contributed by atoms with Gasteiger partial charge < -0.3 is 23.9 Å². The molecule has 9 heteroatoms. The number of fused-ring (bicyclic) bond motifs is 1. The van der Waals surface area contributed by atoms with Crippen molar-refractivity contribution in [1.82, 2.24) is 23.6 Å². The highest BCUT2D eigenvalue weighted by atomic mass is 16.5. The summed E-state index contributed by atoms with van der Waals surface area (Å²) >= 11 is 0. The fourth-order valence-electron chi connectivity index (χ4n) is 6.30. The highest BCUT2D eigenvalue weighted by Gasteiger charge is 2.39. The second-order valence-corrected chi connectivity index (χ2v) is 10.9. The van der Waals surface area contributed by atoms with E-state index in [1.807, 2.05) is 52.1 Å². The average molecular weight is 530 g/mol. The van der Waals surface area contributed by atoms with Crippen molar-refractivity contribution in [3.63, 3.8) is 0 Å². The molecule has 1 N–H and O–H groups in total. The predicted molar refractivity (Wildman–Crippen MR) is 148 cm³/mol. The fraction of sp³-hybridized carbons (Fsp3) is 0.433. The summed E-state index contributed by atoms with van der Waals surface area (Å²) in [7, 11) is 1.62. The number of nitrogens with zero attached hydrogens (tertiary/aromatic N) is 5. The van der Waals surface area contributed by atoms with E-state index in [2.05, 4.69) is 21.9 Å². The molecule has 9 nitrogen and oxygen atoms in total. The van der Waals surface area contributed by atoms with Gasteiger partial charge >= 0.3 is 0 Å². The Morgan fingerprint density at radius 3 is 2.49 bits per heavy atom. The molecule has 4 aromatic rings. The first-order valence-corrected chi connectivity index (χ1v) is 13.8. The number of piperidine rings is 1. The number of carbonyl (C=O) groups excluding carboxylic acids is 1. The van der Waals surface area contributed by atoms with Crippen LogP contribution in [0, 0.1) is 5.92 Å². The summed E-state index contributed by atoms with van der Waals surface area (Å²) in [6.07, 6.45) is 12.4. The summed E-state index contributed by atoms with van der Waals surface area (Å²) in [5.41, 5.74) is 0.193. The smallest absolute Gasteiger partial charge is 0.262 e. The first-order valence-electron chi connectivity index (χ1n) is 13.8. The lowest BCUT2D eigenvalue weighted by atomic mass is 9.82. The van der Waals surface area contributed by atoms with Crippen LogP contribution in [0.1, 0.15) is 44.6 Å². The van der Waals surface area contributed by atoms with Gasteiger partial charge in [-0.05, 0) is 68.1 Å². The molecule has 0 spiro atoms. The minimum Gasteiger partial charge on any atom is -0.497 e. The van der Waals surface area contributed by atoms with Gasteiger partial charge in [-0.1, -0.05) is 12.8 Å². The van der Waals surface area contributed by atoms with Gasteiger partial charge in [0.1, 0.15) is 12.1 Å². The van der Waals surface area contributed by atoms with E-state index in [4.69, 9.17) is 4.74 Å². The lowest BCUT2D eigenvalue weighted by Crippen LogP contribution is -2.51. The summed E-state index contributed by atoms with van der Waals surface area (Å²) in [6, 6.07) is 13.5.